The first kappa shape index (κ1) is 16.8. The van der Waals surface area contributed by atoms with Gasteiger partial charge in [-0.2, -0.15) is 0 Å². The highest BCUT2D eigenvalue weighted by molar-refractivity contribution is 14.1. The summed E-state index contributed by atoms with van der Waals surface area (Å²) in [7, 11) is 1.73. The minimum atomic E-state index is -0.126. The summed E-state index contributed by atoms with van der Waals surface area (Å²) in [4.78, 5) is 0. The van der Waals surface area contributed by atoms with Crippen LogP contribution in [0, 0.1) is 0 Å². The van der Waals surface area contributed by atoms with Gasteiger partial charge in [-0.1, -0.05) is 46.9 Å². The first-order chi connectivity index (χ1) is 11.3. The molecular formula is C19H23IO3. The Morgan fingerprint density at radius 2 is 2.04 bits per heavy atom. The van der Waals surface area contributed by atoms with Crippen LogP contribution in [-0.4, -0.2) is 24.4 Å². The van der Waals surface area contributed by atoms with Gasteiger partial charge in [0.05, 0.1) is 13.7 Å². The summed E-state index contributed by atoms with van der Waals surface area (Å²) >= 11 is 2.42. The fraction of sp³-hybridized carbons (Fsp3) is 0.474. The van der Waals surface area contributed by atoms with E-state index in [1.807, 2.05) is 6.07 Å². The fourth-order valence-electron chi connectivity index (χ4n) is 3.06. The van der Waals surface area contributed by atoms with E-state index in [4.69, 9.17) is 14.2 Å². The largest absolute Gasteiger partial charge is 0.496 e. The van der Waals surface area contributed by atoms with Crippen molar-refractivity contribution in [2.75, 3.05) is 18.1 Å². The Balaban J connectivity index is 2.03. The number of aryl methyl sites for hydroxylation is 1. The smallest absolute Gasteiger partial charge is 0.199 e. The monoisotopic (exact) mass is 426 g/mol. The Hall–Kier alpha value is -1.01. The van der Waals surface area contributed by atoms with Crippen LogP contribution < -0.4 is 9.47 Å². The standard InChI is InChI=1S/C19H23IO3/c1-21-17-13-14(7-6-11-20)19(16-9-3-2-8-15(16)17)23-18-10-4-5-12-22-18/h2-3,8-9,13,18H,4-7,10-12H2,1H3. The van der Waals surface area contributed by atoms with Crippen LogP contribution in [0.3, 0.4) is 0 Å². The number of fused-ring (bicyclic) bond motifs is 1. The Kier molecular flexibility index (Phi) is 6.00. The summed E-state index contributed by atoms with van der Waals surface area (Å²) in [5.74, 6) is 1.89. The van der Waals surface area contributed by atoms with E-state index in [1.54, 1.807) is 7.11 Å². The van der Waals surface area contributed by atoms with Crippen molar-refractivity contribution < 1.29 is 14.2 Å². The van der Waals surface area contributed by atoms with Gasteiger partial charge in [0.25, 0.3) is 0 Å². The highest BCUT2D eigenvalue weighted by Crippen LogP contribution is 2.38. The van der Waals surface area contributed by atoms with Gasteiger partial charge in [0, 0.05) is 17.2 Å². The summed E-state index contributed by atoms with van der Waals surface area (Å²) in [6.45, 7) is 0.793. The van der Waals surface area contributed by atoms with Crippen molar-refractivity contribution in [2.24, 2.45) is 0 Å². The van der Waals surface area contributed by atoms with Gasteiger partial charge < -0.3 is 14.2 Å². The molecule has 0 spiro atoms. The molecule has 0 saturated carbocycles. The predicted molar refractivity (Wildman–Crippen MR) is 102 cm³/mol. The zero-order valence-electron chi connectivity index (χ0n) is 13.5. The Morgan fingerprint density at radius 3 is 2.74 bits per heavy atom. The van der Waals surface area contributed by atoms with Gasteiger partial charge in [0.1, 0.15) is 11.5 Å². The van der Waals surface area contributed by atoms with Crippen LogP contribution in [0.5, 0.6) is 11.5 Å². The molecule has 0 amide bonds. The van der Waals surface area contributed by atoms with Crippen molar-refractivity contribution in [3.05, 3.63) is 35.9 Å². The number of rotatable bonds is 6. The molecule has 3 rings (SSSR count). The predicted octanol–water partition coefficient (Wildman–Crippen LogP) is 5.12. The lowest BCUT2D eigenvalue weighted by Gasteiger charge is -2.26. The van der Waals surface area contributed by atoms with Gasteiger partial charge in [-0.25, -0.2) is 0 Å². The van der Waals surface area contributed by atoms with Crippen molar-refractivity contribution in [1.82, 2.24) is 0 Å². The van der Waals surface area contributed by atoms with Crippen LogP contribution in [0.15, 0.2) is 30.3 Å². The zero-order valence-corrected chi connectivity index (χ0v) is 15.7. The van der Waals surface area contributed by atoms with E-state index >= 15 is 0 Å². The summed E-state index contributed by atoms with van der Waals surface area (Å²) in [6, 6.07) is 10.4. The summed E-state index contributed by atoms with van der Waals surface area (Å²) in [5.41, 5.74) is 1.21. The van der Waals surface area contributed by atoms with E-state index in [1.165, 1.54) is 12.0 Å². The van der Waals surface area contributed by atoms with E-state index in [-0.39, 0.29) is 6.29 Å². The highest BCUT2D eigenvalue weighted by atomic mass is 127. The third kappa shape index (κ3) is 3.91. The quantitative estimate of drug-likeness (QED) is 0.474. The molecule has 3 nitrogen and oxygen atoms in total. The average molecular weight is 426 g/mol. The molecule has 1 unspecified atom stereocenters. The number of hydrogen-bond acceptors (Lipinski definition) is 3. The van der Waals surface area contributed by atoms with E-state index in [9.17, 15) is 0 Å². The molecule has 1 saturated heterocycles. The average Bonchev–Trinajstić information content (AvgIpc) is 2.61. The highest BCUT2D eigenvalue weighted by Gasteiger charge is 2.20. The lowest BCUT2D eigenvalue weighted by Crippen LogP contribution is -2.25. The minimum Gasteiger partial charge on any atom is -0.496 e. The third-order valence-electron chi connectivity index (χ3n) is 4.22. The Bertz CT molecular complexity index is 650. The second kappa shape index (κ2) is 8.20. The molecule has 1 atom stereocenters. The molecule has 1 heterocycles. The molecule has 0 aromatic heterocycles. The van der Waals surface area contributed by atoms with Gasteiger partial charge in [0.2, 0.25) is 0 Å². The molecule has 1 fully saturated rings. The lowest BCUT2D eigenvalue weighted by atomic mass is 10.0. The third-order valence-corrected chi connectivity index (χ3v) is 4.98. The molecule has 124 valence electrons. The van der Waals surface area contributed by atoms with Crippen LogP contribution in [-0.2, 0) is 11.2 Å². The van der Waals surface area contributed by atoms with Crippen molar-refractivity contribution >= 4 is 33.4 Å². The van der Waals surface area contributed by atoms with Gasteiger partial charge in [-0.3, -0.25) is 0 Å². The van der Waals surface area contributed by atoms with Gasteiger partial charge in [0.15, 0.2) is 6.29 Å². The number of alkyl halides is 1. The zero-order chi connectivity index (χ0) is 16.1. The Labute approximate surface area is 151 Å². The van der Waals surface area contributed by atoms with E-state index in [0.717, 1.165) is 59.0 Å². The molecule has 1 aliphatic rings. The molecule has 2 aromatic rings. The number of halogens is 1. The van der Waals surface area contributed by atoms with Gasteiger partial charge in [-0.05, 0) is 41.7 Å². The fourth-order valence-corrected chi connectivity index (χ4v) is 3.44. The summed E-state index contributed by atoms with van der Waals surface area (Å²) < 4.78 is 18.8. The maximum Gasteiger partial charge on any atom is 0.199 e. The number of ether oxygens (including phenoxy) is 3. The minimum absolute atomic E-state index is 0.126. The van der Waals surface area contributed by atoms with Crippen LogP contribution in [0.4, 0.5) is 0 Å². The molecule has 0 aliphatic carbocycles. The normalized spacial score (nSPS) is 18.1. The van der Waals surface area contributed by atoms with Crippen LogP contribution in [0.25, 0.3) is 10.8 Å². The molecular weight excluding hydrogens is 403 g/mol. The number of benzene rings is 2. The first-order valence-corrected chi connectivity index (χ1v) is 9.79. The van der Waals surface area contributed by atoms with Gasteiger partial charge >= 0.3 is 0 Å². The topological polar surface area (TPSA) is 27.7 Å². The van der Waals surface area contributed by atoms with E-state index in [2.05, 4.69) is 46.9 Å². The maximum absolute atomic E-state index is 6.32. The molecule has 0 N–H and O–H groups in total. The molecule has 23 heavy (non-hydrogen) atoms. The summed E-state index contributed by atoms with van der Waals surface area (Å²) in [6.07, 6.45) is 5.26. The maximum atomic E-state index is 6.32. The van der Waals surface area contributed by atoms with E-state index in [0.29, 0.717) is 0 Å². The molecule has 1 aliphatic heterocycles. The van der Waals surface area contributed by atoms with Crippen LogP contribution in [0.2, 0.25) is 0 Å². The van der Waals surface area contributed by atoms with Crippen molar-refractivity contribution in [3.63, 3.8) is 0 Å². The molecule has 4 heteroatoms. The molecule has 0 bridgehead atoms. The second-order valence-corrected chi connectivity index (χ2v) is 6.90. The summed E-state index contributed by atoms with van der Waals surface area (Å²) in [5, 5.41) is 2.21. The number of hydrogen-bond donors (Lipinski definition) is 0. The van der Waals surface area contributed by atoms with Crippen LogP contribution >= 0.6 is 22.6 Å². The lowest BCUT2D eigenvalue weighted by molar-refractivity contribution is -0.105. The second-order valence-electron chi connectivity index (χ2n) is 5.82. The van der Waals surface area contributed by atoms with Crippen molar-refractivity contribution in [1.29, 1.82) is 0 Å². The Morgan fingerprint density at radius 1 is 1.22 bits per heavy atom. The number of methoxy groups -OCH3 is 1. The van der Waals surface area contributed by atoms with Crippen molar-refractivity contribution in [3.8, 4) is 11.5 Å². The molecule has 2 aromatic carbocycles. The van der Waals surface area contributed by atoms with Gasteiger partial charge in [-0.15, -0.1) is 0 Å². The SMILES string of the molecule is COc1cc(CCCI)c(OC2CCCCO2)c2ccccc12. The van der Waals surface area contributed by atoms with Crippen molar-refractivity contribution in [2.45, 2.75) is 38.4 Å². The first-order valence-electron chi connectivity index (χ1n) is 8.26. The molecule has 0 radical (unpaired) electrons. The van der Waals surface area contributed by atoms with E-state index < -0.39 is 0 Å². The van der Waals surface area contributed by atoms with Crippen LogP contribution in [0.1, 0.15) is 31.2 Å².